The third-order valence-electron chi connectivity index (χ3n) is 4.30. The number of hydrogen-bond acceptors (Lipinski definition) is 5. The van der Waals surface area contributed by atoms with Crippen molar-refractivity contribution < 1.29 is 19.0 Å². The second-order valence-electron chi connectivity index (χ2n) is 5.82. The number of nitrogens with zero attached hydrogens (tertiary/aromatic N) is 1. The molecule has 0 N–H and O–H groups in total. The molecule has 1 aromatic rings. The molecule has 1 saturated carbocycles. The van der Waals surface area contributed by atoms with Gasteiger partial charge in [-0.15, -0.1) is 0 Å². The molecule has 0 spiro atoms. The number of cyclic esters (lactones) is 1. The lowest BCUT2D eigenvalue weighted by atomic mass is 9.89. The Hall–Kier alpha value is -2.30. The zero-order valence-electron chi connectivity index (χ0n) is 13.5. The van der Waals surface area contributed by atoms with Crippen molar-refractivity contribution in [3.8, 4) is 11.5 Å². The summed E-state index contributed by atoms with van der Waals surface area (Å²) in [7, 11) is 3.17. The van der Waals surface area contributed by atoms with E-state index in [0.717, 1.165) is 18.4 Å². The zero-order chi connectivity index (χ0) is 16.2. The van der Waals surface area contributed by atoms with Crippen LogP contribution in [-0.4, -0.2) is 26.1 Å². The second-order valence-corrected chi connectivity index (χ2v) is 5.82. The lowest BCUT2D eigenvalue weighted by molar-refractivity contribution is -0.130. The van der Waals surface area contributed by atoms with Crippen LogP contribution in [0.1, 0.15) is 37.7 Å². The standard InChI is InChI=1S/C18H21NO4/c1-21-15-9-8-12(11-16(15)22-2)10-14-18(20)23-17(19-14)13-6-4-3-5-7-13/h8-11,13H,3-7H2,1-2H3/b14-10-. The van der Waals surface area contributed by atoms with Gasteiger partial charge in [-0.3, -0.25) is 0 Å². The fraction of sp³-hybridized carbons (Fsp3) is 0.444. The summed E-state index contributed by atoms with van der Waals surface area (Å²) in [5.41, 5.74) is 1.17. The second kappa shape index (κ2) is 6.86. The molecule has 5 heteroatoms. The van der Waals surface area contributed by atoms with Crippen LogP contribution in [0.15, 0.2) is 28.9 Å². The molecule has 1 aromatic carbocycles. The summed E-state index contributed by atoms with van der Waals surface area (Å²) >= 11 is 0. The first-order valence-electron chi connectivity index (χ1n) is 7.95. The van der Waals surface area contributed by atoms with Gasteiger partial charge in [0.25, 0.3) is 0 Å². The van der Waals surface area contributed by atoms with E-state index < -0.39 is 0 Å². The molecule has 3 rings (SSSR count). The fourth-order valence-corrected chi connectivity index (χ4v) is 3.05. The Labute approximate surface area is 136 Å². The monoisotopic (exact) mass is 315 g/mol. The number of methoxy groups -OCH3 is 2. The number of hydrogen-bond donors (Lipinski definition) is 0. The van der Waals surface area contributed by atoms with Crippen LogP contribution in [0.4, 0.5) is 0 Å². The summed E-state index contributed by atoms with van der Waals surface area (Å²) < 4.78 is 15.9. The maximum Gasteiger partial charge on any atom is 0.363 e. The SMILES string of the molecule is COc1ccc(/C=C2\N=C(C3CCCCC3)OC2=O)cc1OC. The van der Waals surface area contributed by atoms with Crippen LogP contribution >= 0.6 is 0 Å². The van der Waals surface area contributed by atoms with Gasteiger partial charge in [0.1, 0.15) is 0 Å². The van der Waals surface area contributed by atoms with Crippen LogP contribution in [-0.2, 0) is 9.53 Å². The normalized spacial score (nSPS) is 20.3. The smallest absolute Gasteiger partial charge is 0.363 e. The van der Waals surface area contributed by atoms with Crippen molar-refractivity contribution in [2.45, 2.75) is 32.1 Å². The van der Waals surface area contributed by atoms with E-state index in [1.165, 1.54) is 19.3 Å². The molecule has 0 atom stereocenters. The van der Waals surface area contributed by atoms with Crippen LogP contribution in [0.25, 0.3) is 6.08 Å². The number of ether oxygens (including phenoxy) is 3. The van der Waals surface area contributed by atoms with Crippen LogP contribution in [0.2, 0.25) is 0 Å². The molecule has 0 radical (unpaired) electrons. The van der Waals surface area contributed by atoms with Gasteiger partial charge >= 0.3 is 5.97 Å². The highest BCUT2D eigenvalue weighted by Gasteiger charge is 2.30. The Kier molecular flexibility index (Phi) is 4.65. The zero-order valence-corrected chi connectivity index (χ0v) is 13.5. The minimum Gasteiger partial charge on any atom is -0.493 e. The van der Waals surface area contributed by atoms with Gasteiger partial charge in [-0.25, -0.2) is 9.79 Å². The summed E-state index contributed by atoms with van der Waals surface area (Å²) in [5, 5.41) is 0. The summed E-state index contributed by atoms with van der Waals surface area (Å²) in [6.45, 7) is 0. The summed E-state index contributed by atoms with van der Waals surface area (Å²) in [5.74, 6) is 1.76. The van der Waals surface area contributed by atoms with E-state index in [2.05, 4.69) is 4.99 Å². The molecule has 0 saturated heterocycles. The molecule has 1 aliphatic carbocycles. The van der Waals surface area contributed by atoms with E-state index >= 15 is 0 Å². The molecule has 5 nitrogen and oxygen atoms in total. The number of rotatable bonds is 4. The topological polar surface area (TPSA) is 57.1 Å². The summed E-state index contributed by atoms with van der Waals surface area (Å²) in [6, 6.07) is 5.47. The molecule has 1 aliphatic heterocycles. The Morgan fingerprint density at radius 3 is 2.57 bits per heavy atom. The van der Waals surface area contributed by atoms with Gasteiger partial charge in [0.05, 0.1) is 14.2 Å². The fourth-order valence-electron chi connectivity index (χ4n) is 3.05. The highest BCUT2D eigenvalue weighted by molar-refractivity contribution is 6.07. The number of carbonyl (C=O) groups excluding carboxylic acids is 1. The average molecular weight is 315 g/mol. The van der Waals surface area contributed by atoms with Crippen LogP contribution < -0.4 is 9.47 Å². The first-order chi connectivity index (χ1) is 11.2. The van der Waals surface area contributed by atoms with Crippen LogP contribution in [0.5, 0.6) is 11.5 Å². The number of benzene rings is 1. The van der Waals surface area contributed by atoms with E-state index in [1.54, 1.807) is 26.4 Å². The summed E-state index contributed by atoms with van der Waals surface area (Å²) in [6.07, 6.45) is 7.43. The summed E-state index contributed by atoms with van der Waals surface area (Å²) in [4.78, 5) is 16.5. The van der Waals surface area contributed by atoms with E-state index in [1.807, 2.05) is 12.1 Å². The van der Waals surface area contributed by atoms with E-state index in [0.29, 0.717) is 23.1 Å². The van der Waals surface area contributed by atoms with Gasteiger partial charge in [0, 0.05) is 5.92 Å². The maximum absolute atomic E-state index is 12.0. The van der Waals surface area contributed by atoms with Gasteiger partial charge in [-0.1, -0.05) is 25.3 Å². The van der Waals surface area contributed by atoms with Gasteiger partial charge in [-0.2, -0.15) is 0 Å². The Bertz CT molecular complexity index is 657. The predicted molar refractivity (Wildman–Crippen MR) is 87.6 cm³/mol. The molecular formula is C18H21NO4. The molecule has 1 fully saturated rings. The van der Waals surface area contributed by atoms with Gasteiger partial charge in [-0.05, 0) is 36.6 Å². The van der Waals surface area contributed by atoms with Crippen LogP contribution in [0.3, 0.4) is 0 Å². The van der Waals surface area contributed by atoms with Crippen LogP contribution in [0, 0.1) is 5.92 Å². The van der Waals surface area contributed by atoms with Crippen molar-refractivity contribution in [1.82, 2.24) is 0 Å². The largest absolute Gasteiger partial charge is 0.493 e. The Balaban J connectivity index is 1.83. The Morgan fingerprint density at radius 2 is 1.87 bits per heavy atom. The number of carbonyl (C=O) groups is 1. The van der Waals surface area contributed by atoms with Crippen molar-refractivity contribution >= 4 is 17.9 Å². The number of esters is 1. The molecule has 0 unspecified atom stereocenters. The number of aliphatic imine (C=N–C) groups is 1. The van der Waals surface area contributed by atoms with Gasteiger partial charge in [0.2, 0.25) is 5.90 Å². The van der Waals surface area contributed by atoms with Gasteiger partial charge in [0.15, 0.2) is 17.2 Å². The highest BCUT2D eigenvalue weighted by Crippen LogP contribution is 2.31. The first-order valence-corrected chi connectivity index (χ1v) is 7.95. The molecule has 122 valence electrons. The minimum absolute atomic E-state index is 0.281. The lowest BCUT2D eigenvalue weighted by Gasteiger charge is -2.19. The molecule has 23 heavy (non-hydrogen) atoms. The van der Waals surface area contributed by atoms with Gasteiger partial charge < -0.3 is 14.2 Å². The molecule has 0 bridgehead atoms. The highest BCUT2D eigenvalue weighted by atomic mass is 16.6. The molecule has 1 heterocycles. The molecule has 2 aliphatic rings. The predicted octanol–water partition coefficient (Wildman–Crippen LogP) is 3.58. The maximum atomic E-state index is 12.0. The van der Waals surface area contributed by atoms with Crippen molar-refractivity contribution in [3.05, 3.63) is 29.5 Å². The molecule has 0 amide bonds. The first kappa shape index (κ1) is 15.6. The Morgan fingerprint density at radius 1 is 1.13 bits per heavy atom. The quantitative estimate of drug-likeness (QED) is 0.629. The van der Waals surface area contributed by atoms with Crippen molar-refractivity contribution in [2.75, 3.05) is 14.2 Å². The third-order valence-corrected chi connectivity index (χ3v) is 4.30. The van der Waals surface area contributed by atoms with E-state index in [4.69, 9.17) is 14.2 Å². The van der Waals surface area contributed by atoms with Crippen molar-refractivity contribution in [1.29, 1.82) is 0 Å². The van der Waals surface area contributed by atoms with Crippen molar-refractivity contribution in [3.63, 3.8) is 0 Å². The minimum atomic E-state index is -0.375. The van der Waals surface area contributed by atoms with E-state index in [9.17, 15) is 4.79 Å². The molecule has 0 aromatic heterocycles. The molecular weight excluding hydrogens is 294 g/mol. The lowest BCUT2D eigenvalue weighted by Crippen LogP contribution is -2.19. The van der Waals surface area contributed by atoms with Crippen molar-refractivity contribution in [2.24, 2.45) is 10.9 Å². The van der Waals surface area contributed by atoms with E-state index in [-0.39, 0.29) is 11.9 Å². The average Bonchev–Trinajstić information content (AvgIpc) is 2.96. The third kappa shape index (κ3) is 3.38.